The highest BCUT2D eigenvalue weighted by Crippen LogP contribution is 2.27. The quantitative estimate of drug-likeness (QED) is 0.264. The van der Waals surface area contributed by atoms with E-state index in [-0.39, 0.29) is 4.90 Å². The van der Waals surface area contributed by atoms with Gasteiger partial charge in [0.1, 0.15) is 6.54 Å². The lowest BCUT2D eigenvalue weighted by molar-refractivity contribution is -0.119. The Hall–Kier alpha value is -4.17. The Balaban J connectivity index is 1.58. The Labute approximate surface area is 218 Å². The van der Waals surface area contributed by atoms with Crippen LogP contribution in [0, 0.1) is 27.7 Å². The second kappa shape index (κ2) is 10.8. The fourth-order valence-electron chi connectivity index (χ4n) is 4.24. The summed E-state index contributed by atoms with van der Waals surface area (Å²) in [5.41, 5.74) is 8.49. The molecule has 0 fully saturated rings. The van der Waals surface area contributed by atoms with E-state index in [0.29, 0.717) is 5.69 Å². The van der Waals surface area contributed by atoms with Gasteiger partial charge in [-0.25, -0.2) is 13.8 Å². The summed E-state index contributed by atoms with van der Waals surface area (Å²) in [6.45, 7) is 7.28. The van der Waals surface area contributed by atoms with E-state index in [4.69, 9.17) is 0 Å². The van der Waals surface area contributed by atoms with Gasteiger partial charge in [0.15, 0.2) is 0 Å². The number of anilines is 1. The number of carbonyl (C=O) groups is 1. The van der Waals surface area contributed by atoms with E-state index in [0.717, 1.165) is 38.1 Å². The summed E-state index contributed by atoms with van der Waals surface area (Å²) in [5, 5.41) is 4.13. The van der Waals surface area contributed by atoms with Crippen LogP contribution in [0.25, 0.3) is 5.69 Å². The Kier molecular flexibility index (Phi) is 7.59. The van der Waals surface area contributed by atoms with Gasteiger partial charge in [0.2, 0.25) is 0 Å². The first-order chi connectivity index (χ1) is 17.7. The third-order valence-corrected chi connectivity index (χ3v) is 7.90. The van der Waals surface area contributed by atoms with Crippen LogP contribution in [0.3, 0.4) is 0 Å². The third-order valence-electron chi connectivity index (χ3n) is 6.13. The maximum absolute atomic E-state index is 13.6. The molecule has 0 saturated carbocycles. The molecule has 190 valence electrons. The number of aromatic nitrogens is 1. The Bertz CT molecular complexity index is 1540. The van der Waals surface area contributed by atoms with Gasteiger partial charge < -0.3 is 4.57 Å². The molecule has 0 saturated heterocycles. The predicted molar refractivity (Wildman–Crippen MR) is 148 cm³/mol. The molecule has 8 heteroatoms. The van der Waals surface area contributed by atoms with Crippen LogP contribution in [0.2, 0.25) is 0 Å². The molecular weight excluding hydrogens is 484 g/mol. The number of amides is 1. The number of sulfonamides is 1. The summed E-state index contributed by atoms with van der Waals surface area (Å²) in [7, 11) is -3.99. The number of nitrogens with zero attached hydrogens (tertiary/aromatic N) is 3. The summed E-state index contributed by atoms with van der Waals surface area (Å²) in [6.07, 6.45) is 1.58. The van der Waals surface area contributed by atoms with Crippen molar-refractivity contribution in [2.45, 2.75) is 32.6 Å². The third kappa shape index (κ3) is 5.65. The van der Waals surface area contributed by atoms with Crippen molar-refractivity contribution in [2.75, 3.05) is 10.8 Å². The molecule has 0 bridgehead atoms. The minimum absolute atomic E-state index is 0.112. The monoisotopic (exact) mass is 514 g/mol. The topological polar surface area (TPSA) is 83.8 Å². The second-order valence-electron chi connectivity index (χ2n) is 8.91. The number of nitrogens with one attached hydrogen (secondary N) is 1. The highest BCUT2D eigenvalue weighted by atomic mass is 32.2. The predicted octanol–water partition coefficient (Wildman–Crippen LogP) is 5.06. The molecular formula is C29H30N4O3S. The second-order valence-corrected chi connectivity index (χ2v) is 10.8. The molecule has 1 amide bonds. The van der Waals surface area contributed by atoms with Gasteiger partial charge in [-0.3, -0.25) is 9.10 Å². The minimum atomic E-state index is -3.99. The SMILES string of the molecule is Cc1ccc(C)c(N(CC(=O)N/N=C/c2cc(C)n(-c3ccccc3)c2C)S(=O)(=O)c2ccccc2)c1. The van der Waals surface area contributed by atoms with Crippen molar-refractivity contribution in [1.29, 1.82) is 0 Å². The highest BCUT2D eigenvalue weighted by molar-refractivity contribution is 7.92. The molecule has 0 atom stereocenters. The molecule has 0 unspecified atom stereocenters. The normalized spacial score (nSPS) is 11.6. The molecule has 1 heterocycles. The molecule has 1 N–H and O–H groups in total. The van der Waals surface area contributed by atoms with Crippen LogP contribution >= 0.6 is 0 Å². The van der Waals surface area contributed by atoms with E-state index in [1.807, 2.05) is 76.2 Å². The van der Waals surface area contributed by atoms with Crippen molar-refractivity contribution in [3.63, 3.8) is 0 Å². The van der Waals surface area contributed by atoms with Gasteiger partial charge in [-0.05, 0) is 75.2 Å². The molecule has 3 aromatic carbocycles. The zero-order valence-corrected chi connectivity index (χ0v) is 22.2. The fourth-order valence-corrected chi connectivity index (χ4v) is 5.74. The molecule has 4 aromatic rings. The van der Waals surface area contributed by atoms with Crippen molar-refractivity contribution in [1.82, 2.24) is 9.99 Å². The summed E-state index contributed by atoms with van der Waals surface area (Å²) in [5.74, 6) is -0.548. The van der Waals surface area contributed by atoms with Gasteiger partial charge in [-0.1, -0.05) is 48.5 Å². The zero-order valence-electron chi connectivity index (χ0n) is 21.3. The van der Waals surface area contributed by atoms with Gasteiger partial charge in [-0.15, -0.1) is 0 Å². The minimum Gasteiger partial charge on any atom is -0.318 e. The van der Waals surface area contributed by atoms with Crippen LogP contribution in [0.1, 0.15) is 28.1 Å². The van der Waals surface area contributed by atoms with Crippen LogP contribution in [0.5, 0.6) is 0 Å². The fraction of sp³-hybridized carbons (Fsp3) is 0.172. The van der Waals surface area contributed by atoms with Crippen LogP contribution in [-0.2, 0) is 14.8 Å². The van der Waals surface area contributed by atoms with Crippen molar-refractivity contribution in [2.24, 2.45) is 5.10 Å². The number of benzene rings is 3. The lowest BCUT2D eigenvalue weighted by Crippen LogP contribution is -2.40. The molecule has 1 aromatic heterocycles. The van der Waals surface area contributed by atoms with Crippen LogP contribution in [-0.4, -0.2) is 31.7 Å². The molecule has 0 aliphatic heterocycles. The molecule has 0 aliphatic rings. The van der Waals surface area contributed by atoms with E-state index < -0.39 is 22.5 Å². The number of hydrogen-bond acceptors (Lipinski definition) is 4. The standard InChI is InChI=1S/C29H30N4O3S/c1-21-15-16-22(2)28(17-21)32(37(35,36)27-13-9-6-10-14-27)20-29(34)31-30-19-25-18-23(3)33(24(25)4)26-11-7-5-8-12-26/h5-19H,20H2,1-4H3,(H,31,34)/b30-19+. The van der Waals surface area contributed by atoms with Crippen molar-refractivity contribution in [3.8, 4) is 5.69 Å². The van der Waals surface area contributed by atoms with Gasteiger partial charge >= 0.3 is 0 Å². The van der Waals surface area contributed by atoms with Crippen LogP contribution in [0.15, 0.2) is 94.9 Å². The average molecular weight is 515 g/mol. The van der Waals surface area contributed by atoms with E-state index in [1.165, 1.54) is 12.1 Å². The van der Waals surface area contributed by atoms with E-state index in [2.05, 4.69) is 15.1 Å². The summed E-state index contributed by atoms with van der Waals surface area (Å²) >= 11 is 0. The lowest BCUT2D eigenvalue weighted by Gasteiger charge is -2.25. The van der Waals surface area contributed by atoms with Crippen molar-refractivity contribution in [3.05, 3.63) is 113 Å². The molecule has 7 nitrogen and oxygen atoms in total. The molecule has 0 radical (unpaired) electrons. The van der Waals surface area contributed by atoms with Gasteiger partial charge in [0.25, 0.3) is 15.9 Å². The maximum atomic E-state index is 13.6. The highest BCUT2D eigenvalue weighted by Gasteiger charge is 2.28. The summed E-state index contributed by atoms with van der Waals surface area (Å²) < 4.78 is 30.3. The molecule has 0 spiro atoms. The number of para-hydroxylation sites is 1. The maximum Gasteiger partial charge on any atom is 0.264 e. The number of hydrazone groups is 1. The Morgan fingerprint density at radius 2 is 1.57 bits per heavy atom. The van der Waals surface area contributed by atoms with Gasteiger partial charge in [0.05, 0.1) is 16.8 Å². The number of aryl methyl sites for hydroxylation is 3. The van der Waals surface area contributed by atoms with Gasteiger partial charge in [-0.2, -0.15) is 5.10 Å². The Morgan fingerprint density at radius 3 is 2.24 bits per heavy atom. The van der Waals surface area contributed by atoms with E-state index in [9.17, 15) is 13.2 Å². The molecule has 37 heavy (non-hydrogen) atoms. The van der Waals surface area contributed by atoms with Crippen molar-refractivity contribution < 1.29 is 13.2 Å². The van der Waals surface area contributed by atoms with E-state index in [1.54, 1.807) is 30.5 Å². The summed E-state index contributed by atoms with van der Waals surface area (Å²) in [6, 6.07) is 25.6. The summed E-state index contributed by atoms with van der Waals surface area (Å²) in [4.78, 5) is 13.0. The van der Waals surface area contributed by atoms with Crippen LogP contribution < -0.4 is 9.73 Å². The van der Waals surface area contributed by atoms with Gasteiger partial charge in [0, 0.05) is 22.6 Å². The number of carbonyl (C=O) groups excluding carboxylic acids is 1. The zero-order chi connectivity index (χ0) is 26.6. The number of rotatable bonds is 8. The molecule has 0 aliphatic carbocycles. The van der Waals surface area contributed by atoms with E-state index >= 15 is 0 Å². The lowest BCUT2D eigenvalue weighted by atomic mass is 10.1. The number of hydrogen-bond donors (Lipinski definition) is 1. The van der Waals surface area contributed by atoms with Crippen LogP contribution in [0.4, 0.5) is 5.69 Å². The molecule has 4 rings (SSSR count). The first-order valence-corrected chi connectivity index (χ1v) is 13.3. The first kappa shape index (κ1) is 25.9. The smallest absolute Gasteiger partial charge is 0.264 e. The first-order valence-electron chi connectivity index (χ1n) is 11.9. The largest absolute Gasteiger partial charge is 0.318 e. The average Bonchev–Trinajstić information content (AvgIpc) is 3.17. The van der Waals surface area contributed by atoms with Crippen molar-refractivity contribution >= 4 is 27.8 Å². The Morgan fingerprint density at radius 1 is 0.919 bits per heavy atom.